The van der Waals surface area contributed by atoms with E-state index in [-0.39, 0.29) is 0 Å². The zero-order chi connectivity index (χ0) is 19.0. The van der Waals surface area contributed by atoms with Crippen molar-refractivity contribution in [2.45, 2.75) is 24.5 Å². The lowest BCUT2D eigenvalue weighted by Crippen LogP contribution is -2.39. The smallest absolute Gasteiger partial charge is 0.387 e. The third kappa shape index (κ3) is 5.12. The van der Waals surface area contributed by atoms with E-state index >= 15 is 0 Å². The van der Waals surface area contributed by atoms with Gasteiger partial charge in [-0.1, -0.05) is 0 Å². The summed E-state index contributed by atoms with van der Waals surface area (Å²) in [6, 6.07) is 0. The fraction of sp³-hybridized carbons (Fsp3) is 0.625. The molecule has 5 atom stereocenters. The molecule has 17 heteroatoms. The van der Waals surface area contributed by atoms with Crippen molar-refractivity contribution in [3.05, 3.63) is 27.0 Å². The van der Waals surface area contributed by atoms with Gasteiger partial charge in [-0.15, -0.1) is 0 Å². The van der Waals surface area contributed by atoms with Gasteiger partial charge < -0.3 is 29.6 Å². The molecule has 0 amide bonds. The van der Waals surface area contributed by atoms with Gasteiger partial charge in [-0.25, -0.2) is 13.9 Å². The van der Waals surface area contributed by atoms with E-state index in [2.05, 4.69) is 13.9 Å². The van der Waals surface area contributed by atoms with Crippen LogP contribution >= 0.6 is 15.6 Å². The molecular formula is C8H13N3O12P2. The number of hydrogen-bond donors (Lipinski definition) is 6. The van der Waals surface area contributed by atoms with E-state index in [1.54, 1.807) is 0 Å². The molecular weight excluding hydrogens is 392 g/mol. The predicted molar refractivity (Wildman–Crippen MR) is 73.9 cm³/mol. The molecule has 0 saturated carbocycles. The van der Waals surface area contributed by atoms with Gasteiger partial charge in [0.2, 0.25) is 0 Å². The molecule has 0 spiro atoms. The first kappa shape index (κ1) is 20.1. The maximum atomic E-state index is 11.6. The second-order valence-electron chi connectivity index (χ2n) is 4.77. The van der Waals surface area contributed by atoms with Crippen LogP contribution in [-0.2, 0) is 22.7 Å². The van der Waals surface area contributed by atoms with Gasteiger partial charge in [-0.2, -0.15) is 14.1 Å². The third-order valence-electron chi connectivity index (χ3n) is 2.93. The van der Waals surface area contributed by atoms with E-state index < -0.39 is 58.0 Å². The number of aliphatic hydroxyl groups excluding tert-OH is 2. The average molecular weight is 405 g/mol. The van der Waals surface area contributed by atoms with Gasteiger partial charge in [-0.3, -0.25) is 14.3 Å². The molecule has 0 radical (unpaired) electrons. The van der Waals surface area contributed by atoms with E-state index in [0.29, 0.717) is 10.9 Å². The first-order valence-corrected chi connectivity index (χ1v) is 9.36. The number of nitrogens with zero attached hydrogens (tertiary/aromatic N) is 2. The summed E-state index contributed by atoms with van der Waals surface area (Å²) in [7, 11) is -10.5. The Balaban J connectivity index is 2.09. The van der Waals surface area contributed by atoms with Crippen LogP contribution in [0.5, 0.6) is 0 Å². The minimum Gasteiger partial charge on any atom is -0.387 e. The fourth-order valence-corrected chi connectivity index (χ4v) is 3.54. The van der Waals surface area contributed by atoms with Crippen molar-refractivity contribution in [2.24, 2.45) is 0 Å². The largest absolute Gasteiger partial charge is 0.481 e. The molecule has 142 valence electrons. The zero-order valence-corrected chi connectivity index (χ0v) is 13.8. The molecule has 2 heterocycles. The van der Waals surface area contributed by atoms with Crippen LogP contribution in [0.1, 0.15) is 6.23 Å². The molecule has 1 aromatic heterocycles. The van der Waals surface area contributed by atoms with Crippen LogP contribution in [0, 0.1) is 0 Å². The first-order chi connectivity index (χ1) is 11.4. The topological polar surface area (TPSA) is 231 Å². The Morgan fingerprint density at radius 3 is 2.44 bits per heavy atom. The Labute approximate surface area is 137 Å². The van der Waals surface area contributed by atoms with Crippen molar-refractivity contribution < 1.29 is 47.6 Å². The minimum absolute atomic E-state index is 0.514. The zero-order valence-electron chi connectivity index (χ0n) is 12.0. The number of hydrogen-bond acceptors (Lipinski definition) is 10. The molecule has 0 bridgehead atoms. The Morgan fingerprint density at radius 2 is 1.88 bits per heavy atom. The lowest BCUT2D eigenvalue weighted by atomic mass is 10.1. The van der Waals surface area contributed by atoms with E-state index in [9.17, 15) is 28.9 Å². The van der Waals surface area contributed by atoms with Crippen molar-refractivity contribution in [1.29, 1.82) is 0 Å². The van der Waals surface area contributed by atoms with E-state index in [4.69, 9.17) is 19.4 Å². The van der Waals surface area contributed by atoms with Crippen molar-refractivity contribution in [2.75, 3.05) is 6.61 Å². The molecule has 1 aromatic rings. The number of aliphatic hydroxyl groups is 2. The van der Waals surface area contributed by atoms with E-state index in [1.165, 1.54) is 0 Å². The van der Waals surface area contributed by atoms with Crippen LogP contribution in [0.3, 0.4) is 0 Å². The van der Waals surface area contributed by atoms with Gasteiger partial charge in [0.15, 0.2) is 6.23 Å². The van der Waals surface area contributed by atoms with Crippen molar-refractivity contribution in [1.82, 2.24) is 14.8 Å². The quantitative estimate of drug-likeness (QED) is 0.256. The number of nitrogens with one attached hydrogen (secondary N) is 1. The Morgan fingerprint density at radius 1 is 1.24 bits per heavy atom. The highest BCUT2D eigenvalue weighted by Gasteiger charge is 2.46. The van der Waals surface area contributed by atoms with Gasteiger partial charge in [0.05, 0.1) is 6.61 Å². The fourth-order valence-electron chi connectivity index (χ4n) is 1.94. The van der Waals surface area contributed by atoms with Crippen LogP contribution in [-0.4, -0.2) is 64.6 Å². The molecule has 25 heavy (non-hydrogen) atoms. The summed E-state index contributed by atoms with van der Waals surface area (Å²) < 4.78 is 35.3. The molecule has 1 fully saturated rings. The van der Waals surface area contributed by atoms with Crippen LogP contribution < -0.4 is 11.2 Å². The molecule has 1 saturated heterocycles. The summed E-state index contributed by atoms with van der Waals surface area (Å²) >= 11 is 0. The predicted octanol–water partition coefficient (Wildman–Crippen LogP) is -3.22. The van der Waals surface area contributed by atoms with Crippen molar-refractivity contribution in [3.63, 3.8) is 0 Å². The van der Waals surface area contributed by atoms with Crippen molar-refractivity contribution in [3.8, 4) is 0 Å². The SMILES string of the molecule is O=c1cnn([C@@H]2O[C@@H](COP(=O)(O)OP(=O)(O)O)[C@@H](O)[C@H]2O)c(=O)[nH]1. The summed E-state index contributed by atoms with van der Waals surface area (Å²) in [5.41, 5.74) is -1.87. The van der Waals surface area contributed by atoms with Gasteiger partial charge in [0.1, 0.15) is 24.5 Å². The molecule has 15 nitrogen and oxygen atoms in total. The lowest BCUT2D eigenvalue weighted by Gasteiger charge is -2.17. The third-order valence-corrected chi connectivity index (χ3v) is 5.08. The summed E-state index contributed by atoms with van der Waals surface area (Å²) in [5.74, 6) is 0. The van der Waals surface area contributed by atoms with Gasteiger partial charge in [-0.05, 0) is 0 Å². The molecule has 0 aliphatic carbocycles. The summed E-state index contributed by atoms with van der Waals surface area (Å²) in [6.07, 6.45) is -5.79. The molecule has 1 aliphatic rings. The van der Waals surface area contributed by atoms with Gasteiger partial charge in [0.25, 0.3) is 5.56 Å². The number of rotatable bonds is 6. The highest BCUT2D eigenvalue weighted by atomic mass is 31.3. The summed E-state index contributed by atoms with van der Waals surface area (Å²) in [6.45, 7) is -0.930. The highest BCUT2D eigenvalue weighted by Crippen LogP contribution is 2.57. The van der Waals surface area contributed by atoms with Crippen LogP contribution in [0.4, 0.5) is 0 Å². The molecule has 2 rings (SSSR count). The number of aromatic nitrogens is 3. The Bertz CT molecular complexity index is 830. The van der Waals surface area contributed by atoms with E-state index in [0.717, 1.165) is 0 Å². The number of ether oxygens (including phenoxy) is 1. The summed E-state index contributed by atoms with van der Waals surface area (Å²) in [4.78, 5) is 50.5. The number of phosphoric ester groups is 1. The molecule has 1 aliphatic heterocycles. The van der Waals surface area contributed by atoms with Crippen LogP contribution in [0.15, 0.2) is 15.8 Å². The summed E-state index contributed by atoms with van der Waals surface area (Å²) in [5, 5.41) is 23.1. The Hall–Kier alpha value is -1.25. The maximum Gasteiger partial charge on any atom is 0.481 e. The molecule has 1 unspecified atom stereocenters. The number of H-pyrrole nitrogens is 1. The van der Waals surface area contributed by atoms with Crippen LogP contribution in [0.25, 0.3) is 0 Å². The molecule has 0 aromatic carbocycles. The minimum atomic E-state index is -5.33. The van der Waals surface area contributed by atoms with Gasteiger partial charge in [0, 0.05) is 0 Å². The highest BCUT2D eigenvalue weighted by molar-refractivity contribution is 7.60. The normalized spacial score (nSPS) is 29.5. The van der Waals surface area contributed by atoms with Gasteiger partial charge >= 0.3 is 21.3 Å². The maximum absolute atomic E-state index is 11.6. The standard InChI is InChI=1S/C8H13N3O12P2/c12-4-1-9-11(8(15)10-4)7-6(14)5(13)3(22-7)2-21-25(19,20)23-24(16,17)18/h1,3,5-7,13-14H,2H2,(H,19,20)(H,10,12,15)(H2,16,17,18)/t3-,5+,6+,7+/m0/s1. The second-order valence-corrected chi connectivity index (χ2v) is 7.60. The average Bonchev–Trinajstić information content (AvgIpc) is 2.71. The van der Waals surface area contributed by atoms with Crippen LogP contribution in [0.2, 0.25) is 0 Å². The Kier molecular flexibility index (Phi) is 5.75. The lowest BCUT2D eigenvalue weighted by molar-refractivity contribution is -0.0610. The monoisotopic (exact) mass is 405 g/mol. The number of aromatic amines is 1. The number of phosphoric acid groups is 2. The van der Waals surface area contributed by atoms with E-state index in [1.807, 2.05) is 4.98 Å². The first-order valence-electron chi connectivity index (χ1n) is 6.33. The second kappa shape index (κ2) is 7.17. The van der Waals surface area contributed by atoms with Crippen molar-refractivity contribution >= 4 is 15.6 Å². The molecule has 6 N–H and O–H groups in total.